The Balaban J connectivity index is 2.06. The van der Waals surface area contributed by atoms with Crippen molar-refractivity contribution in [3.8, 4) is 5.75 Å². The molecule has 138 valence electrons. The van der Waals surface area contributed by atoms with Crippen LogP contribution in [0.2, 0.25) is 0 Å². The van der Waals surface area contributed by atoms with Crippen molar-refractivity contribution >= 4 is 22.6 Å². The number of anilines is 1. The summed E-state index contributed by atoms with van der Waals surface area (Å²) in [6.07, 6.45) is 4.14. The van der Waals surface area contributed by atoms with Gasteiger partial charge in [0.15, 0.2) is 11.6 Å². The molecule has 2 aromatic rings. The summed E-state index contributed by atoms with van der Waals surface area (Å²) in [6, 6.07) is 1.28. The van der Waals surface area contributed by atoms with Gasteiger partial charge >= 0.3 is 5.97 Å². The van der Waals surface area contributed by atoms with Gasteiger partial charge < -0.3 is 19.3 Å². The molecule has 1 aromatic heterocycles. The van der Waals surface area contributed by atoms with Gasteiger partial charge in [0, 0.05) is 25.3 Å². The summed E-state index contributed by atoms with van der Waals surface area (Å²) in [6.45, 7) is 3.56. The minimum atomic E-state index is -1.30. The third kappa shape index (κ3) is 2.53. The number of fused-ring (bicyclic) bond motifs is 1. The van der Waals surface area contributed by atoms with Crippen LogP contribution in [0.1, 0.15) is 42.6 Å². The molecular formula is C19H21FN2O4. The van der Waals surface area contributed by atoms with Crippen molar-refractivity contribution < 1.29 is 19.0 Å². The molecule has 2 fully saturated rings. The first-order valence-corrected chi connectivity index (χ1v) is 8.86. The molecule has 1 atom stereocenters. The lowest BCUT2D eigenvalue weighted by Crippen LogP contribution is -2.24. The molecule has 1 unspecified atom stereocenters. The topological polar surface area (TPSA) is 71.8 Å². The lowest BCUT2D eigenvalue weighted by molar-refractivity contribution is 0.0695. The van der Waals surface area contributed by atoms with Crippen LogP contribution in [-0.2, 0) is 0 Å². The Morgan fingerprint density at radius 3 is 2.62 bits per heavy atom. The highest BCUT2D eigenvalue weighted by molar-refractivity contribution is 5.97. The van der Waals surface area contributed by atoms with Crippen molar-refractivity contribution in [2.24, 2.45) is 5.92 Å². The molecular weight excluding hydrogens is 339 g/mol. The van der Waals surface area contributed by atoms with Gasteiger partial charge in [-0.05, 0) is 31.2 Å². The molecule has 2 aliphatic rings. The molecule has 1 aliphatic heterocycles. The monoisotopic (exact) mass is 360 g/mol. The number of pyridine rings is 1. The van der Waals surface area contributed by atoms with Crippen molar-refractivity contribution in [1.82, 2.24) is 4.57 Å². The standard InChI is InChI=1S/C19H21FN2O4/c1-10-5-6-21(8-10)16-14(20)7-12-15(18(16)26-2)22(11-3-4-11)9-13(17(12)23)19(24)25/h7,9-11H,3-6,8H2,1-2H3,(H,24,25). The number of ether oxygens (including phenoxy) is 1. The Labute approximate surface area is 149 Å². The summed E-state index contributed by atoms with van der Waals surface area (Å²) in [4.78, 5) is 26.1. The van der Waals surface area contributed by atoms with Crippen molar-refractivity contribution in [3.05, 3.63) is 33.9 Å². The predicted molar refractivity (Wildman–Crippen MR) is 95.9 cm³/mol. The van der Waals surface area contributed by atoms with Gasteiger partial charge in [0.2, 0.25) is 5.43 Å². The van der Waals surface area contributed by atoms with Crippen molar-refractivity contribution in [3.63, 3.8) is 0 Å². The van der Waals surface area contributed by atoms with Crippen LogP contribution < -0.4 is 15.1 Å². The first-order chi connectivity index (χ1) is 12.4. The fraction of sp³-hybridized carbons (Fsp3) is 0.474. The van der Waals surface area contributed by atoms with Gasteiger partial charge in [-0.15, -0.1) is 0 Å². The molecule has 6 nitrogen and oxygen atoms in total. The molecule has 1 saturated heterocycles. The average molecular weight is 360 g/mol. The highest BCUT2D eigenvalue weighted by atomic mass is 19.1. The number of nitrogens with zero attached hydrogens (tertiary/aromatic N) is 2. The summed E-state index contributed by atoms with van der Waals surface area (Å²) >= 11 is 0. The molecule has 1 saturated carbocycles. The number of hydrogen-bond donors (Lipinski definition) is 1. The van der Waals surface area contributed by atoms with E-state index in [1.807, 2.05) is 4.90 Å². The Bertz CT molecular complexity index is 964. The Morgan fingerprint density at radius 2 is 2.08 bits per heavy atom. The molecule has 26 heavy (non-hydrogen) atoms. The zero-order chi connectivity index (χ0) is 18.6. The second-order valence-electron chi connectivity index (χ2n) is 7.29. The van der Waals surface area contributed by atoms with E-state index in [1.54, 1.807) is 4.57 Å². The molecule has 0 bridgehead atoms. The van der Waals surface area contributed by atoms with Crippen LogP contribution >= 0.6 is 0 Å². The highest BCUT2D eigenvalue weighted by Crippen LogP contribution is 2.44. The van der Waals surface area contributed by atoms with Crippen LogP contribution in [0.25, 0.3) is 10.9 Å². The second kappa shape index (κ2) is 6.00. The Kier molecular flexibility index (Phi) is 3.89. The summed E-state index contributed by atoms with van der Waals surface area (Å²) < 4.78 is 22.3. The quantitative estimate of drug-likeness (QED) is 0.907. The third-order valence-electron chi connectivity index (χ3n) is 5.31. The minimum absolute atomic E-state index is 0.0575. The SMILES string of the molecule is COc1c(N2CCC(C)C2)c(F)cc2c(=O)c(C(=O)O)cn(C3CC3)c12. The molecule has 0 amide bonds. The maximum absolute atomic E-state index is 15.0. The summed E-state index contributed by atoms with van der Waals surface area (Å²) in [5, 5.41) is 9.41. The third-order valence-corrected chi connectivity index (χ3v) is 5.31. The first-order valence-electron chi connectivity index (χ1n) is 8.86. The number of carbonyl (C=O) groups is 1. The zero-order valence-corrected chi connectivity index (χ0v) is 14.8. The number of rotatable bonds is 4. The van der Waals surface area contributed by atoms with Gasteiger partial charge in [-0.2, -0.15) is 0 Å². The molecule has 0 spiro atoms. The molecule has 1 aliphatic carbocycles. The Hall–Kier alpha value is -2.57. The Morgan fingerprint density at radius 1 is 1.35 bits per heavy atom. The van der Waals surface area contributed by atoms with Crippen LogP contribution in [0.15, 0.2) is 17.1 Å². The lowest BCUT2D eigenvalue weighted by atomic mass is 10.1. The predicted octanol–water partition coefficient (Wildman–Crippen LogP) is 3.03. The smallest absolute Gasteiger partial charge is 0.341 e. The normalized spacial score (nSPS) is 20.0. The van der Waals surface area contributed by atoms with Crippen LogP contribution in [0.5, 0.6) is 5.75 Å². The van der Waals surface area contributed by atoms with Crippen molar-refractivity contribution in [1.29, 1.82) is 0 Å². The number of aromatic nitrogens is 1. The molecule has 1 N–H and O–H groups in total. The van der Waals surface area contributed by atoms with E-state index in [-0.39, 0.29) is 17.0 Å². The maximum atomic E-state index is 15.0. The van der Waals surface area contributed by atoms with Gasteiger partial charge in [0.1, 0.15) is 11.3 Å². The van der Waals surface area contributed by atoms with Crippen LogP contribution in [0.3, 0.4) is 0 Å². The van der Waals surface area contributed by atoms with Crippen LogP contribution in [-0.4, -0.2) is 35.8 Å². The average Bonchev–Trinajstić information content (AvgIpc) is 3.35. The van der Waals surface area contributed by atoms with Crippen LogP contribution in [0.4, 0.5) is 10.1 Å². The van der Waals surface area contributed by atoms with Gasteiger partial charge in [0.25, 0.3) is 0 Å². The molecule has 4 rings (SSSR count). The summed E-state index contributed by atoms with van der Waals surface area (Å²) in [5.41, 5.74) is -0.168. The number of benzene rings is 1. The fourth-order valence-corrected chi connectivity index (χ4v) is 3.86. The van der Waals surface area contributed by atoms with E-state index in [0.717, 1.165) is 32.4 Å². The van der Waals surface area contributed by atoms with E-state index in [0.29, 0.717) is 22.9 Å². The molecule has 0 radical (unpaired) electrons. The minimum Gasteiger partial charge on any atom is -0.492 e. The van der Waals surface area contributed by atoms with Gasteiger partial charge in [-0.3, -0.25) is 4.79 Å². The number of hydrogen-bond acceptors (Lipinski definition) is 4. The van der Waals surface area contributed by atoms with Crippen LogP contribution in [0, 0.1) is 11.7 Å². The summed E-state index contributed by atoms with van der Waals surface area (Å²) in [7, 11) is 1.46. The largest absolute Gasteiger partial charge is 0.492 e. The van der Waals surface area contributed by atoms with E-state index < -0.39 is 17.2 Å². The van der Waals surface area contributed by atoms with Crippen molar-refractivity contribution in [2.75, 3.05) is 25.1 Å². The molecule has 1 aromatic carbocycles. The van der Waals surface area contributed by atoms with E-state index in [4.69, 9.17) is 4.74 Å². The number of aromatic carboxylic acids is 1. The fourth-order valence-electron chi connectivity index (χ4n) is 3.86. The van der Waals surface area contributed by atoms with Gasteiger partial charge in [-0.1, -0.05) is 6.92 Å². The van der Waals surface area contributed by atoms with E-state index >= 15 is 0 Å². The van der Waals surface area contributed by atoms with E-state index in [2.05, 4.69) is 6.92 Å². The highest BCUT2D eigenvalue weighted by Gasteiger charge is 2.32. The van der Waals surface area contributed by atoms with Gasteiger partial charge in [0.05, 0.1) is 18.0 Å². The number of carboxylic acid groups (broad SMARTS) is 1. The molecule has 7 heteroatoms. The van der Waals surface area contributed by atoms with E-state index in [9.17, 15) is 19.1 Å². The number of methoxy groups -OCH3 is 1. The second-order valence-corrected chi connectivity index (χ2v) is 7.29. The number of halogens is 1. The summed E-state index contributed by atoms with van der Waals surface area (Å²) in [5.74, 6) is -1.08. The molecule has 2 heterocycles. The van der Waals surface area contributed by atoms with E-state index in [1.165, 1.54) is 19.4 Å². The number of carboxylic acids is 1. The zero-order valence-electron chi connectivity index (χ0n) is 14.8. The van der Waals surface area contributed by atoms with Crippen molar-refractivity contribution in [2.45, 2.75) is 32.2 Å². The van der Waals surface area contributed by atoms with Gasteiger partial charge in [-0.25, -0.2) is 9.18 Å². The first kappa shape index (κ1) is 16.9. The lowest BCUT2D eigenvalue weighted by Gasteiger charge is -2.24. The maximum Gasteiger partial charge on any atom is 0.341 e.